The summed E-state index contributed by atoms with van der Waals surface area (Å²) in [6.45, 7) is 4.34. The van der Waals surface area contributed by atoms with E-state index in [9.17, 15) is 8.42 Å². The van der Waals surface area contributed by atoms with Crippen LogP contribution in [0.1, 0.15) is 12.0 Å². The molecule has 2 aliphatic heterocycles. The molecule has 23 heavy (non-hydrogen) atoms. The van der Waals surface area contributed by atoms with Crippen LogP contribution in [0.5, 0.6) is 5.75 Å². The molecule has 3 rings (SSSR count). The van der Waals surface area contributed by atoms with Gasteiger partial charge in [-0.3, -0.25) is 0 Å². The molecule has 0 aliphatic carbocycles. The number of ether oxygens (including phenoxy) is 2. The second-order valence-corrected chi connectivity index (χ2v) is 8.16. The molecule has 0 unspecified atom stereocenters. The lowest BCUT2D eigenvalue weighted by Gasteiger charge is -2.45. The molecule has 2 heterocycles. The van der Waals surface area contributed by atoms with Crippen LogP contribution in [0, 0.1) is 6.92 Å². The highest BCUT2D eigenvalue weighted by Gasteiger charge is 2.43. The first-order chi connectivity index (χ1) is 10.9. The Bertz CT molecular complexity index is 677. The highest BCUT2D eigenvalue weighted by atomic mass is 32.2. The molecule has 0 radical (unpaired) electrons. The van der Waals surface area contributed by atoms with Gasteiger partial charge in [-0.25, -0.2) is 8.42 Å². The summed E-state index contributed by atoms with van der Waals surface area (Å²) < 4.78 is 39.2. The highest BCUT2D eigenvalue weighted by Crippen LogP contribution is 2.32. The van der Waals surface area contributed by atoms with E-state index >= 15 is 0 Å². The molecule has 0 amide bonds. The van der Waals surface area contributed by atoms with E-state index in [-0.39, 0.29) is 17.0 Å². The fourth-order valence-electron chi connectivity index (χ4n) is 3.41. The lowest BCUT2D eigenvalue weighted by Crippen LogP contribution is -2.60. The van der Waals surface area contributed by atoms with Crippen molar-refractivity contribution >= 4 is 10.0 Å². The Balaban J connectivity index is 1.99. The largest absolute Gasteiger partial charge is 0.495 e. The Morgan fingerprint density at radius 2 is 2.09 bits per heavy atom. The maximum absolute atomic E-state index is 13.3. The van der Waals surface area contributed by atoms with Gasteiger partial charge in [0.2, 0.25) is 10.0 Å². The van der Waals surface area contributed by atoms with Crippen molar-refractivity contribution in [2.45, 2.75) is 30.4 Å². The first kappa shape index (κ1) is 16.7. The topological polar surface area (TPSA) is 59.1 Å². The van der Waals surface area contributed by atoms with Crippen molar-refractivity contribution in [3.8, 4) is 5.75 Å². The van der Waals surface area contributed by atoms with E-state index in [0.717, 1.165) is 18.5 Å². The number of hydrogen-bond acceptors (Lipinski definition) is 5. The van der Waals surface area contributed by atoms with Gasteiger partial charge >= 0.3 is 0 Å². The molecule has 1 aromatic carbocycles. The molecule has 0 bridgehead atoms. The van der Waals surface area contributed by atoms with E-state index in [1.807, 2.05) is 20.0 Å². The predicted molar refractivity (Wildman–Crippen MR) is 87.3 cm³/mol. The summed E-state index contributed by atoms with van der Waals surface area (Å²) >= 11 is 0. The molecule has 0 N–H and O–H groups in total. The van der Waals surface area contributed by atoms with Crippen LogP contribution < -0.4 is 4.74 Å². The number of morpholine rings is 1. The minimum Gasteiger partial charge on any atom is -0.495 e. The minimum absolute atomic E-state index is 0.0227. The third-order valence-electron chi connectivity index (χ3n) is 4.64. The Kier molecular flexibility index (Phi) is 4.64. The number of rotatable bonds is 3. The van der Waals surface area contributed by atoms with Gasteiger partial charge in [-0.2, -0.15) is 4.31 Å². The summed E-state index contributed by atoms with van der Waals surface area (Å²) in [6.07, 6.45) is 0.837. The number of likely N-dealkylation sites (tertiary alicyclic amines) is 1. The quantitative estimate of drug-likeness (QED) is 0.825. The second kappa shape index (κ2) is 6.39. The maximum Gasteiger partial charge on any atom is 0.247 e. The van der Waals surface area contributed by atoms with E-state index < -0.39 is 10.0 Å². The van der Waals surface area contributed by atoms with Gasteiger partial charge in [0.25, 0.3) is 0 Å². The van der Waals surface area contributed by atoms with Crippen LogP contribution in [-0.2, 0) is 14.8 Å². The van der Waals surface area contributed by atoms with Gasteiger partial charge in [0.15, 0.2) is 0 Å². The molecule has 2 fully saturated rings. The number of benzene rings is 1. The fourth-order valence-corrected chi connectivity index (χ4v) is 5.28. The smallest absolute Gasteiger partial charge is 0.247 e. The summed E-state index contributed by atoms with van der Waals surface area (Å²) in [6, 6.07) is 5.12. The lowest BCUT2D eigenvalue weighted by atomic mass is 10.0. The molecular weight excluding hydrogens is 316 g/mol. The first-order valence-electron chi connectivity index (χ1n) is 7.90. The second-order valence-electron chi connectivity index (χ2n) is 6.30. The van der Waals surface area contributed by atoms with E-state index in [0.29, 0.717) is 25.4 Å². The number of likely N-dealkylation sites (N-methyl/N-ethyl adjacent to an activating group) is 1. The number of sulfonamides is 1. The van der Waals surface area contributed by atoms with Crippen LogP contribution in [0.2, 0.25) is 0 Å². The third kappa shape index (κ3) is 3.10. The van der Waals surface area contributed by atoms with E-state index in [1.165, 1.54) is 7.11 Å². The van der Waals surface area contributed by atoms with Crippen molar-refractivity contribution in [1.29, 1.82) is 0 Å². The van der Waals surface area contributed by atoms with Crippen molar-refractivity contribution in [2.75, 3.05) is 40.4 Å². The van der Waals surface area contributed by atoms with Crippen LogP contribution in [0.15, 0.2) is 23.1 Å². The molecule has 2 atom stereocenters. The number of piperidine rings is 1. The molecule has 6 nitrogen and oxygen atoms in total. The first-order valence-corrected chi connectivity index (χ1v) is 9.34. The Hall–Kier alpha value is -1.15. The molecule has 0 spiro atoms. The van der Waals surface area contributed by atoms with Crippen LogP contribution in [0.3, 0.4) is 0 Å². The van der Waals surface area contributed by atoms with Crippen LogP contribution in [0.4, 0.5) is 0 Å². The molecule has 128 valence electrons. The van der Waals surface area contributed by atoms with Gasteiger partial charge in [-0.1, -0.05) is 6.07 Å². The average molecular weight is 340 g/mol. The van der Waals surface area contributed by atoms with Gasteiger partial charge in [-0.05, 0) is 38.1 Å². The summed E-state index contributed by atoms with van der Waals surface area (Å²) in [5.74, 6) is 0.391. The zero-order valence-electron chi connectivity index (χ0n) is 13.9. The monoisotopic (exact) mass is 340 g/mol. The highest BCUT2D eigenvalue weighted by molar-refractivity contribution is 7.89. The van der Waals surface area contributed by atoms with Gasteiger partial charge < -0.3 is 14.4 Å². The van der Waals surface area contributed by atoms with Gasteiger partial charge in [-0.15, -0.1) is 0 Å². The maximum atomic E-state index is 13.3. The van der Waals surface area contributed by atoms with Crippen molar-refractivity contribution in [3.63, 3.8) is 0 Å². The van der Waals surface area contributed by atoms with E-state index in [4.69, 9.17) is 9.47 Å². The standard InChI is InChI=1S/C16H24N2O4S/c1-12-4-5-15(21-3)16(10-12)23(19,20)18-8-9-22-14-6-7-17(2)11-13(14)18/h4-5,10,13-14H,6-9,11H2,1-3H3/t13-,14-/m1/s1. The van der Waals surface area contributed by atoms with Crippen LogP contribution in [-0.4, -0.2) is 70.2 Å². The van der Waals surface area contributed by atoms with Gasteiger partial charge in [0, 0.05) is 19.6 Å². The lowest BCUT2D eigenvalue weighted by molar-refractivity contribution is -0.0720. The van der Waals surface area contributed by atoms with Crippen molar-refractivity contribution in [2.24, 2.45) is 0 Å². The molecule has 7 heteroatoms. The molecule has 2 aliphatic rings. The van der Waals surface area contributed by atoms with Crippen LogP contribution in [0.25, 0.3) is 0 Å². The number of hydrogen-bond donors (Lipinski definition) is 0. The van der Waals surface area contributed by atoms with Crippen molar-refractivity contribution < 1.29 is 17.9 Å². The summed E-state index contributed by atoms with van der Waals surface area (Å²) in [7, 11) is -0.103. The zero-order chi connectivity index (χ0) is 16.6. The minimum atomic E-state index is -3.62. The van der Waals surface area contributed by atoms with Gasteiger partial charge in [0.1, 0.15) is 10.6 Å². The fraction of sp³-hybridized carbons (Fsp3) is 0.625. The van der Waals surface area contributed by atoms with E-state index in [1.54, 1.807) is 16.4 Å². The van der Waals surface area contributed by atoms with Gasteiger partial charge in [0.05, 0.1) is 25.9 Å². The van der Waals surface area contributed by atoms with Crippen molar-refractivity contribution in [3.05, 3.63) is 23.8 Å². The molecule has 0 aromatic heterocycles. The summed E-state index contributed by atoms with van der Waals surface area (Å²) in [4.78, 5) is 2.40. The number of aryl methyl sites for hydroxylation is 1. The molecule has 0 saturated carbocycles. The normalized spacial score (nSPS) is 26.7. The Morgan fingerprint density at radius 3 is 2.83 bits per heavy atom. The Labute approximate surface area is 138 Å². The predicted octanol–water partition coefficient (Wildman–Crippen LogP) is 1.10. The number of methoxy groups -OCH3 is 1. The third-order valence-corrected chi connectivity index (χ3v) is 6.59. The summed E-state index contributed by atoms with van der Waals surface area (Å²) in [5, 5.41) is 0. The molecule has 2 saturated heterocycles. The molecule has 1 aromatic rings. The number of nitrogens with zero attached hydrogens (tertiary/aromatic N) is 2. The summed E-state index contributed by atoms with van der Waals surface area (Å²) in [5.41, 5.74) is 0.898. The van der Waals surface area contributed by atoms with E-state index in [2.05, 4.69) is 4.90 Å². The average Bonchev–Trinajstić information content (AvgIpc) is 2.54. The number of fused-ring (bicyclic) bond motifs is 1. The Morgan fingerprint density at radius 1 is 1.30 bits per heavy atom. The zero-order valence-corrected chi connectivity index (χ0v) is 14.7. The van der Waals surface area contributed by atoms with Crippen molar-refractivity contribution in [1.82, 2.24) is 9.21 Å². The van der Waals surface area contributed by atoms with Crippen LogP contribution >= 0.6 is 0 Å². The SMILES string of the molecule is COc1ccc(C)cc1S(=O)(=O)N1CCO[C@@H]2CCN(C)C[C@H]21. The molecular formula is C16H24N2O4S.